The van der Waals surface area contributed by atoms with Gasteiger partial charge >= 0.3 is 5.97 Å². The van der Waals surface area contributed by atoms with E-state index in [2.05, 4.69) is 58.1 Å². The van der Waals surface area contributed by atoms with E-state index in [4.69, 9.17) is 32.7 Å². The summed E-state index contributed by atoms with van der Waals surface area (Å²) in [6, 6.07) is 22.3. The fourth-order valence-electron chi connectivity index (χ4n) is 7.49. The van der Waals surface area contributed by atoms with Gasteiger partial charge in [-0.2, -0.15) is 4.98 Å². The molecule has 2 aliphatic heterocycles. The zero-order valence-electron chi connectivity index (χ0n) is 27.9. The van der Waals surface area contributed by atoms with Gasteiger partial charge in [0.2, 0.25) is 17.7 Å². The molecule has 2 saturated heterocycles. The van der Waals surface area contributed by atoms with Crippen molar-refractivity contribution in [2.45, 2.75) is 69.8 Å². The summed E-state index contributed by atoms with van der Waals surface area (Å²) in [5, 5.41) is 17.1. The van der Waals surface area contributed by atoms with Gasteiger partial charge in [0.1, 0.15) is 17.2 Å². The first-order chi connectivity index (χ1) is 24.3. The number of nitrogens with one attached hydrogen (secondary N) is 2. The van der Waals surface area contributed by atoms with E-state index in [9.17, 15) is 14.7 Å². The van der Waals surface area contributed by atoms with E-state index in [0.29, 0.717) is 41.9 Å². The number of carbonyl (C=O) groups excluding carboxylic acids is 1. The van der Waals surface area contributed by atoms with Crippen LogP contribution in [0.5, 0.6) is 11.8 Å². The average molecular weight is 716 g/mol. The number of amides is 1. The molecular formula is C39H40Cl2N4O5. The highest BCUT2D eigenvalue weighted by molar-refractivity contribution is 6.36. The molecule has 7 rings (SSSR count). The summed E-state index contributed by atoms with van der Waals surface area (Å²) in [5.74, 6) is -0.0265. The number of rotatable bonds is 12. The number of carboxylic acids is 1. The number of likely N-dealkylation sites (tertiary alicyclic amines) is 1. The molecule has 2 fully saturated rings. The molecule has 11 heteroatoms. The highest BCUT2D eigenvalue weighted by Gasteiger charge is 2.32. The van der Waals surface area contributed by atoms with Gasteiger partial charge in [0.05, 0.1) is 12.1 Å². The van der Waals surface area contributed by atoms with E-state index in [-0.39, 0.29) is 23.9 Å². The molecule has 0 bridgehead atoms. The lowest BCUT2D eigenvalue weighted by atomic mass is 9.93. The van der Waals surface area contributed by atoms with Gasteiger partial charge in [0.25, 0.3) is 0 Å². The predicted molar refractivity (Wildman–Crippen MR) is 194 cm³/mol. The Kier molecular flexibility index (Phi) is 10.3. The smallest absolute Gasteiger partial charge is 0.320 e. The van der Waals surface area contributed by atoms with E-state index < -0.39 is 12.0 Å². The Morgan fingerprint density at radius 2 is 1.78 bits per heavy atom. The molecule has 50 heavy (non-hydrogen) atoms. The number of aromatic nitrogens is 1. The third-order valence-electron chi connectivity index (χ3n) is 10.0. The predicted octanol–water partition coefficient (Wildman–Crippen LogP) is 7.21. The molecule has 1 aliphatic carbocycles. The molecule has 0 unspecified atom stereocenters. The zero-order valence-corrected chi connectivity index (χ0v) is 29.4. The van der Waals surface area contributed by atoms with Crippen molar-refractivity contribution in [1.29, 1.82) is 0 Å². The Bertz CT molecular complexity index is 1900. The van der Waals surface area contributed by atoms with E-state index in [1.165, 1.54) is 5.56 Å². The number of methoxy groups -OCH3 is 1. The van der Waals surface area contributed by atoms with Crippen LogP contribution in [0.2, 0.25) is 10.0 Å². The van der Waals surface area contributed by atoms with Crippen molar-refractivity contribution in [1.82, 2.24) is 20.5 Å². The van der Waals surface area contributed by atoms with Crippen LogP contribution >= 0.6 is 23.2 Å². The lowest BCUT2D eigenvalue weighted by molar-refractivity contribution is -0.142. The van der Waals surface area contributed by atoms with Crippen molar-refractivity contribution in [2.75, 3.05) is 20.2 Å². The monoisotopic (exact) mass is 714 g/mol. The van der Waals surface area contributed by atoms with E-state index in [0.717, 1.165) is 77.7 Å². The van der Waals surface area contributed by atoms with Gasteiger partial charge in [0.15, 0.2) is 0 Å². The minimum absolute atomic E-state index is 0.131. The normalized spacial score (nSPS) is 20.1. The fourth-order valence-corrected chi connectivity index (χ4v) is 8.05. The number of hydrogen-bond donors (Lipinski definition) is 3. The van der Waals surface area contributed by atoms with Crippen molar-refractivity contribution >= 4 is 35.1 Å². The van der Waals surface area contributed by atoms with E-state index >= 15 is 0 Å². The van der Waals surface area contributed by atoms with Crippen molar-refractivity contribution in [2.24, 2.45) is 0 Å². The number of ether oxygens (including phenoxy) is 2. The van der Waals surface area contributed by atoms with Crippen molar-refractivity contribution in [3.8, 4) is 34.0 Å². The maximum atomic E-state index is 11.7. The van der Waals surface area contributed by atoms with Crippen molar-refractivity contribution in [3.63, 3.8) is 0 Å². The first kappa shape index (κ1) is 34.3. The van der Waals surface area contributed by atoms with Crippen LogP contribution in [-0.2, 0) is 29.1 Å². The van der Waals surface area contributed by atoms with Gasteiger partial charge < -0.3 is 25.2 Å². The van der Waals surface area contributed by atoms with Crippen LogP contribution in [0.25, 0.3) is 22.3 Å². The molecule has 3 aliphatic rings. The van der Waals surface area contributed by atoms with E-state index in [1.54, 1.807) is 13.2 Å². The molecule has 3 N–H and O–H groups in total. The average Bonchev–Trinajstić information content (AvgIpc) is 3.87. The zero-order chi connectivity index (χ0) is 34.8. The Labute approximate surface area is 301 Å². The molecule has 3 atom stereocenters. The Hall–Kier alpha value is -4.15. The second-order valence-corrected chi connectivity index (χ2v) is 14.0. The lowest BCUT2D eigenvalue weighted by Gasteiger charge is -2.23. The molecular weight excluding hydrogens is 675 g/mol. The van der Waals surface area contributed by atoms with Crippen LogP contribution in [0.15, 0.2) is 66.7 Å². The summed E-state index contributed by atoms with van der Waals surface area (Å²) in [6.45, 7) is 2.56. The Morgan fingerprint density at radius 1 is 1.00 bits per heavy atom. The Morgan fingerprint density at radius 3 is 2.54 bits per heavy atom. The first-order valence-corrected chi connectivity index (χ1v) is 17.9. The lowest BCUT2D eigenvalue weighted by Crippen LogP contribution is -2.35. The summed E-state index contributed by atoms with van der Waals surface area (Å²) in [7, 11) is 1.55. The molecule has 1 amide bonds. The quantitative estimate of drug-likeness (QED) is 0.141. The molecule has 3 heterocycles. The fraction of sp³-hybridized carbons (Fsp3) is 0.359. The number of hydrogen-bond acceptors (Lipinski definition) is 7. The number of aliphatic carboxylic acids is 1. The number of nitrogens with zero attached hydrogens (tertiary/aromatic N) is 2. The van der Waals surface area contributed by atoms with Crippen LogP contribution in [-0.4, -0.2) is 59.1 Å². The third kappa shape index (κ3) is 7.19. The minimum atomic E-state index is -0.820. The van der Waals surface area contributed by atoms with Gasteiger partial charge in [-0.15, -0.1) is 0 Å². The maximum Gasteiger partial charge on any atom is 0.320 e. The van der Waals surface area contributed by atoms with Crippen molar-refractivity contribution in [3.05, 3.63) is 99.0 Å². The van der Waals surface area contributed by atoms with Gasteiger partial charge in [-0.3, -0.25) is 14.5 Å². The second-order valence-electron chi connectivity index (χ2n) is 13.2. The summed E-state index contributed by atoms with van der Waals surface area (Å²) >= 11 is 13.9. The molecule has 260 valence electrons. The number of pyridine rings is 1. The minimum Gasteiger partial charge on any atom is -0.481 e. The van der Waals surface area contributed by atoms with Crippen LogP contribution in [0.3, 0.4) is 0 Å². The van der Waals surface area contributed by atoms with Gasteiger partial charge in [-0.1, -0.05) is 83.9 Å². The topological polar surface area (TPSA) is 113 Å². The van der Waals surface area contributed by atoms with Crippen LogP contribution in [0.4, 0.5) is 0 Å². The van der Waals surface area contributed by atoms with Crippen LogP contribution < -0.4 is 20.1 Å². The standard InChI is InChI=1S/C39H40Cl2N4O5/c1-49-37-25(22-45-18-4-9-33(45)39(47)48)19-32(40)38(44-37)50-34-16-15-29-28(6-3-7-30(29)34)31-8-2-5-27(36(31)41)24-12-10-23(11-13-24)20-42-21-26-14-17-35(46)43-26/h2-3,5-8,10-13,19,26,33-34,42H,4,9,14-18,20-22H2,1H3,(H,43,46)(H,47,48)/t26-,33+,34-/m0/s1. The Balaban J connectivity index is 1.07. The van der Waals surface area contributed by atoms with Crippen LogP contribution in [0.1, 0.15) is 60.5 Å². The van der Waals surface area contributed by atoms with Crippen molar-refractivity contribution < 1.29 is 24.2 Å². The first-order valence-electron chi connectivity index (χ1n) is 17.2. The van der Waals surface area contributed by atoms with Gasteiger partial charge in [0, 0.05) is 48.8 Å². The van der Waals surface area contributed by atoms with Gasteiger partial charge in [-0.05, 0) is 72.5 Å². The summed E-state index contributed by atoms with van der Waals surface area (Å²) in [6.07, 6.45) is 4.24. The molecule has 4 aromatic rings. The molecule has 9 nitrogen and oxygen atoms in total. The van der Waals surface area contributed by atoms with E-state index in [1.807, 2.05) is 23.1 Å². The largest absolute Gasteiger partial charge is 0.481 e. The molecule has 0 spiro atoms. The van der Waals surface area contributed by atoms with Crippen LogP contribution in [0, 0.1) is 0 Å². The highest BCUT2D eigenvalue weighted by Crippen LogP contribution is 2.45. The number of halogens is 2. The molecule has 1 aromatic heterocycles. The number of carboxylic acid groups (broad SMARTS) is 1. The highest BCUT2D eigenvalue weighted by atomic mass is 35.5. The van der Waals surface area contributed by atoms with Gasteiger partial charge in [-0.25, -0.2) is 0 Å². The molecule has 0 radical (unpaired) electrons. The summed E-state index contributed by atoms with van der Waals surface area (Å²) in [5.41, 5.74) is 8.19. The molecule has 3 aromatic carbocycles. The number of carbonyl (C=O) groups is 2. The summed E-state index contributed by atoms with van der Waals surface area (Å²) in [4.78, 5) is 29.7. The maximum absolute atomic E-state index is 11.7. The second kappa shape index (κ2) is 15.0. The number of benzene rings is 3. The number of fused-ring (bicyclic) bond motifs is 1. The third-order valence-corrected chi connectivity index (χ3v) is 10.7. The molecule has 0 saturated carbocycles. The summed E-state index contributed by atoms with van der Waals surface area (Å²) < 4.78 is 12.1. The SMILES string of the molecule is COc1nc(O[C@H]2CCc3c(-c4cccc(-c5ccc(CNC[C@@H]6CCC(=O)N6)cc5)c4Cl)cccc32)c(Cl)cc1CN1CCC[C@@H]1C(=O)O.